The van der Waals surface area contributed by atoms with Crippen molar-refractivity contribution in [1.29, 1.82) is 0 Å². The topological polar surface area (TPSA) is 0 Å². The summed E-state index contributed by atoms with van der Waals surface area (Å²) in [6.45, 7) is 9.27. The monoisotopic (exact) mass is 238 g/mol. The number of benzene rings is 1. The highest BCUT2D eigenvalue weighted by atomic mass is 35.5. The molecule has 1 unspecified atom stereocenters. The van der Waals surface area contributed by atoms with Crippen LogP contribution in [-0.2, 0) is 5.88 Å². The highest BCUT2D eigenvalue weighted by Gasteiger charge is 2.19. The summed E-state index contributed by atoms with van der Waals surface area (Å²) in [7, 11) is 0. The molecule has 0 aliphatic rings. The molecule has 0 aliphatic carbocycles. The normalized spacial score (nSPS) is 13.8. The molecule has 1 rings (SSSR count). The van der Waals surface area contributed by atoms with Crippen molar-refractivity contribution >= 4 is 11.6 Å². The minimum Gasteiger partial charge on any atom is -0.122 e. The first-order valence-corrected chi connectivity index (χ1v) is 6.67. The third kappa shape index (κ3) is 3.83. The number of rotatable bonds is 5. The lowest BCUT2D eigenvalue weighted by atomic mass is 9.79. The molecule has 0 bridgehead atoms. The predicted octanol–water partition coefficient (Wildman–Crippen LogP) is 5.36. The van der Waals surface area contributed by atoms with Crippen molar-refractivity contribution < 1.29 is 0 Å². The number of hydrogen-bond donors (Lipinski definition) is 0. The van der Waals surface area contributed by atoms with Crippen LogP contribution in [0.25, 0.3) is 0 Å². The molecule has 0 radical (unpaired) electrons. The highest BCUT2D eigenvalue weighted by Crippen LogP contribution is 2.33. The molecule has 0 saturated carbocycles. The summed E-state index contributed by atoms with van der Waals surface area (Å²) in [4.78, 5) is 0. The van der Waals surface area contributed by atoms with Crippen LogP contribution >= 0.6 is 11.6 Å². The summed E-state index contributed by atoms with van der Waals surface area (Å²) < 4.78 is 0. The maximum absolute atomic E-state index is 5.79. The van der Waals surface area contributed by atoms with Crippen LogP contribution in [0.5, 0.6) is 0 Å². The highest BCUT2D eigenvalue weighted by molar-refractivity contribution is 6.17. The van der Waals surface area contributed by atoms with Gasteiger partial charge in [-0.05, 0) is 28.9 Å². The summed E-state index contributed by atoms with van der Waals surface area (Å²) >= 11 is 5.79. The lowest BCUT2D eigenvalue weighted by Crippen LogP contribution is -2.13. The molecule has 0 fully saturated rings. The Hall–Kier alpha value is -0.490. The molecule has 90 valence electrons. The molecular formula is C15H23Cl. The van der Waals surface area contributed by atoms with Crippen LogP contribution in [0.15, 0.2) is 24.3 Å². The van der Waals surface area contributed by atoms with Crippen LogP contribution < -0.4 is 0 Å². The molecule has 1 heteroatoms. The van der Waals surface area contributed by atoms with Gasteiger partial charge in [-0.1, -0.05) is 58.4 Å². The van der Waals surface area contributed by atoms with E-state index in [4.69, 9.17) is 11.6 Å². The fraction of sp³-hybridized carbons (Fsp3) is 0.600. The van der Waals surface area contributed by atoms with Gasteiger partial charge in [0, 0.05) is 5.88 Å². The quantitative estimate of drug-likeness (QED) is 0.607. The molecule has 0 saturated heterocycles. The SMILES string of the molecule is CCC(C)(C)CC(C)c1ccc(CCl)cc1. The zero-order chi connectivity index (χ0) is 12.2. The minimum absolute atomic E-state index is 0.435. The van der Waals surface area contributed by atoms with Crippen molar-refractivity contribution in [2.24, 2.45) is 5.41 Å². The van der Waals surface area contributed by atoms with Crippen molar-refractivity contribution in [3.63, 3.8) is 0 Å². The second kappa shape index (κ2) is 5.72. The van der Waals surface area contributed by atoms with E-state index >= 15 is 0 Å². The molecule has 0 nitrogen and oxygen atoms in total. The van der Waals surface area contributed by atoms with E-state index in [0.717, 1.165) is 0 Å². The Morgan fingerprint density at radius 1 is 1.19 bits per heavy atom. The molecule has 1 aromatic carbocycles. The second-order valence-corrected chi connectivity index (χ2v) is 5.77. The lowest BCUT2D eigenvalue weighted by molar-refractivity contribution is 0.299. The minimum atomic E-state index is 0.435. The van der Waals surface area contributed by atoms with Gasteiger partial charge in [-0.15, -0.1) is 11.6 Å². The lowest BCUT2D eigenvalue weighted by Gasteiger charge is -2.26. The van der Waals surface area contributed by atoms with E-state index in [1.165, 1.54) is 24.0 Å². The first-order chi connectivity index (χ1) is 7.48. The summed E-state index contributed by atoms with van der Waals surface area (Å²) in [5, 5.41) is 0. The third-order valence-electron chi connectivity index (χ3n) is 3.52. The standard InChI is InChI=1S/C15H23Cl/c1-5-15(3,4)10-12(2)14-8-6-13(11-16)7-9-14/h6-9,12H,5,10-11H2,1-4H3. The summed E-state index contributed by atoms with van der Waals surface area (Å²) in [6.07, 6.45) is 2.47. The molecule has 0 amide bonds. The molecule has 0 heterocycles. The fourth-order valence-corrected chi connectivity index (χ4v) is 2.20. The van der Waals surface area contributed by atoms with Gasteiger partial charge in [0.1, 0.15) is 0 Å². The molecular weight excluding hydrogens is 216 g/mol. The Kier molecular flexibility index (Phi) is 4.86. The van der Waals surface area contributed by atoms with Crippen molar-refractivity contribution in [3.05, 3.63) is 35.4 Å². The van der Waals surface area contributed by atoms with E-state index in [1.54, 1.807) is 0 Å². The van der Waals surface area contributed by atoms with Gasteiger partial charge in [0.15, 0.2) is 0 Å². The van der Waals surface area contributed by atoms with Crippen molar-refractivity contribution in [2.45, 2.75) is 52.3 Å². The van der Waals surface area contributed by atoms with E-state index in [-0.39, 0.29) is 0 Å². The fourth-order valence-electron chi connectivity index (χ4n) is 2.03. The summed E-state index contributed by atoms with van der Waals surface area (Å²) in [6, 6.07) is 8.71. The summed E-state index contributed by atoms with van der Waals surface area (Å²) in [5.41, 5.74) is 3.06. The average Bonchev–Trinajstić information content (AvgIpc) is 2.28. The maximum Gasteiger partial charge on any atom is 0.0474 e. The molecule has 1 atom stereocenters. The predicted molar refractivity (Wildman–Crippen MR) is 73.1 cm³/mol. The number of hydrogen-bond acceptors (Lipinski definition) is 0. The largest absolute Gasteiger partial charge is 0.122 e. The van der Waals surface area contributed by atoms with E-state index in [9.17, 15) is 0 Å². The Bertz CT molecular complexity index is 311. The van der Waals surface area contributed by atoms with Crippen LogP contribution in [0.2, 0.25) is 0 Å². The molecule has 0 aromatic heterocycles. The van der Waals surface area contributed by atoms with Crippen molar-refractivity contribution in [1.82, 2.24) is 0 Å². The number of alkyl halides is 1. The smallest absolute Gasteiger partial charge is 0.0474 e. The zero-order valence-electron chi connectivity index (χ0n) is 10.9. The van der Waals surface area contributed by atoms with Gasteiger partial charge in [-0.2, -0.15) is 0 Å². The second-order valence-electron chi connectivity index (χ2n) is 5.50. The van der Waals surface area contributed by atoms with Crippen molar-refractivity contribution in [3.8, 4) is 0 Å². The van der Waals surface area contributed by atoms with E-state index in [2.05, 4.69) is 52.0 Å². The first-order valence-electron chi connectivity index (χ1n) is 6.13. The van der Waals surface area contributed by atoms with Gasteiger partial charge in [0.25, 0.3) is 0 Å². The van der Waals surface area contributed by atoms with Crippen LogP contribution in [0.4, 0.5) is 0 Å². The Morgan fingerprint density at radius 3 is 2.19 bits per heavy atom. The van der Waals surface area contributed by atoms with Gasteiger partial charge in [0.2, 0.25) is 0 Å². The molecule has 1 aromatic rings. The average molecular weight is 239 g/mol. The van der Waals surface area contributed by atoms with Crippen LogP contribution in [-0.4, -0.2) is 0 Å². The molecule has 0 N–H and O–H groups in total. The Balaban J connectivity index is 2.69. The van der Waals surface area contributed by atoms with Crippen molar-refractivity contribution in [2.75, 3.05) is 0 Å². The van der Waals surface area contributed by atoms with Gasteiger partial charge < -0.3 is 0 Å². The van der Waals surface area contributed by atoms with Gasteiger partial charge >= 0.3 is 0 Å². The maximum atomic E-state index is 5.79. The number of halogens is 1. The Labute approximate surface area is 105 Å². The van der Waals surface area contributed by atoms with E-state index < -0.39 is 0 Å². The van der Waals surface area contributed by atoms with Crippen LogP contribution in [0, 0.1) is 5.41 Å². The molecule has 0 spiro atoms. The Morgan fingerprint density at radius 2 is 1.75 bits per heavy atom. The first kappa shape index (κ1) is 13.6. The van der Waals surface area contributed by atoms with Crippen LogP contribution in [0.3, 0.4) is 0 Å². The molecule has 0 aliphatic heterocycles. The van der Waals surface area contributed by atoms with Crippen LogP contribution in [0.1, 0.15) is 57.6 Å². The van der Waals surface area contributed by atoms with Gasteiger partial charge in [0.05, 0.1) is 0 Å². The summed E-state index contributed by atoms with van der Waals surface area (Å²) in [5.74, 6) is 1.23. The van der Waals surface area contributed by atoms with Gasteiger partial charge in [-0.3, -0.25) is 0 Å². The third-order valence-corrected chi connectivity index (χ3v) is 3.83. The van der Waals surface area contributed by atoms with Gasteiger partial charge in [-0.25, -0.2) is 0 Å². The molecule has 16 heavy (non-hydrogen) atoms. The van der Waals surface area contributed by atoms with E-state index in [1.807, 2.05) is 0 Å². The zero-order valence-corrected chi connectivity index (χ0v) is 11.6. The van der Waals surface area contributed by atoms with E-state index in [0.29, 0.717) is 17.2 Å².